The quantitative estimate of drug-likeness (QED) is 0.699. The molecule has 0 spiro atoms. The maximum Gasteiger partial charge on any atom is 0.244 e. The molecular formula is C18H19N3O3S2. The summed E-state index contributed by atoms with van der Waals surface area (Å²) in [5, 5.41) is 2.58. The Balaban J connectivity index is 1.79. The first-order valence-electron chi connectivity index (χ1n) is 7.90. The summed E-state index contributed by atoms with van der Waals surface area (Å²) >= 11 is 1.41. The molecule has 8 heteroatoms. The number of hydrogen-bond acceptors (Lipinski definition) is 6. The fourth-order valence-corrected chi connectivity index (χ4v) is 4.47. The van der Waals surface area contributed by atoms with Crippen LogP contribution in [-0.4, -0.2) is 25.5 Å². The van der Waals surface area contributed by atoms with Crippen molar-refractivity contribution in [2.75, 3.05) is 7.11 Å². The van der Waals surface area contributed by atoms with Crippen molar-refractivity contribution < 1.29 is 13.2 Å². The molecule has 26 heavy (non-hydrogen) atoms. The summed E-state index contributed by atoms with van der Waals surface area (Å²) in [6, 6.07) is 7.08. The molecule has 1 N–H and O–H groups in total. The molecule has 0 amide bonds. The number of methoxy groups -OCH3 is 1. The summed E-state index contributed by atoms with van der Waals surface area (Å²) < 4.78 is 33.3. The monoisotopic (exact) mass is 389 g/mol. The highest BCUT2D eigenvalue weighted by Crippen LogP contribution is 2.28. The van der Waals surface area contributed by atoms with Gasteiger partial charge in [-0.1, -0.05) is 0 Å². The van der Waals surface area contributed by atoms with Crippen LogP contribution in [0.15, 0.2) is 46.9 Å². The number of aryl methyl sites for hydroxylation is 2. The van der Waals surface area contributed by atoms with E-state index in [4.69, 9.17) is 4.74 Å². The second kappa shape index (κ2) is 7.53. The van der Waals surface area contributed by atoms with Gasteiger partial charge < -0.3 is 4.74 Å². The molecule has 136 valence electrons. The third kappa shape index (κ3) is 3.92. The number of hydrogen-bond donors (Lipinski definition) is 1. The summed E-state index contributed by atoms with van der Waals surface area (Å²) in [6.45, 7) is 3.90. The van der Waals surface area contributed by atoms with Crippen LogP contribution in [0.5, 0.6) is 5.75 Å². The lowest BCUT2D eigenvalue weighted by molar-refractivity contribution is 0.401. The number of benzene rings is 1. The van der Waals surface area contributed by atoms with Gasteiger partial charge in [0, 0.05) is 23.3 Å². The molecule has 0 fully saturated rings. The number of nitrogens with one attached hydrogen (secondary N) is 1. The summed E-state index contributed by atoms with van der Waals surface area (Å²) in [6.07, 6.45) is 3.39. The highest BCUT2D eigenvalue weighted by Gasteiger charge is 2.21. The zero-order valence-corrected chi connectivity index (χ0v) is 16.3. The van der Waals surface area contributed by atoms with Crippen molar-refractivity contribution in [2.45, 2.75) is 25.3 Å². The van der Waals surface area contributed by atoms with E-state index in [0.29, 0.717) is 10.8 Å². The molecule has 0 saturated carbocycles. The van der Waals surface area contributed by atoms with Crippen molar-refractivity contribution in [3.05, 3.63) is 58.2 Å². The van der Waals surface area contributed by atoms with E-state index in [1.807, 2.05) is 31.4 Å². The van der Waals surface area contributed by atoms with Crippen LogP contribution in [0.4, 0.5) is 0 Å². The van der Waals surface area contributed by atoms with Crippen LogP contribution in [0, 0.1) is 13.8 Å². The Morgan fingerprint density at radius 3 is 2.54 bits per heavy atom. The van der Waals surface area contributed by atoms with Gasteiger partial charge in [-0.15, -0.1) is 11.3 Å². The molecule has 0 aliphatic carbocycles. The predicted octanol–water partition coefficient (Wildman–Crippen LogP) is 3.31. The molecule has 2 aromatic heterocycles. The van der Waals surface area contributed by atoms with Crippen molar-refractivity contribution in [1.29, 1.82) is 0 Å². The van der Waals surface area contributed by atoms with Gasteiger partial charge in [0.15, 0.2) is 0 Å². The van der Waals surface area contributed by atoms with Crippen LogP contribution in [-0.2, 0) is 16.6 Å². The molecule has 0 saturated heterocycles. The van der Waals surface area contributed by atoms with Gasteiger partial charge in [0.05, 0.1) is 19.3 Å². The van der Waals surface area contributed by atoms with E-state index >= 15 is 0 Å². The molecule has 0 bridgehead atoms. The van der Waals surface area contributed by atoms with Gasteiger partial charge in [0.25, 0.3) is 0 Å². The van der Waals surface area contributed by atoms with Crippen LogP contribution in [0.1, 0.15) is 16.1 Å². The minimum absolute atomic E-state index is 0.119. The predicted molar refractivity (Wildman–Crippen MR) is 102 cm³/mol. The van der Waals surface area contributed by atoms with E-state index < -0.39 is 10.0 Å². The molecule has 0 radical (unpaired) electrons. The van der Waals surface area contributed by atoms with E-state index in [0.717, 1.165) is 22.4 Å². The van der Waals surface area contributed by atoms with Gasteiger partial charge >= 0.3 is 0 Å². The van der Waals surface area contributed by atoms with Crippen molar-refractivity contribution >= 4 is 21.4 Å². The fourth-order valence-electron chi connectivity index (χ4n) is 2.41. The Morgan fingerprint density at radius 1 is 1.15 bits per heavy atom. The second-order valence-electron chi connectivity index (χ2n) is 5.77. The maximum atomic E-state index is 12.7. The van der Waals surface area contributed by atoms with Gasteiger partial charge in [0.1, 0.15) is 15.7 Å². The molecule has 0 atom stereocenters. The standard InChI is InChI=1S/C18H19N3O3S2/c1-12-8-16(24-3)17(9-13(12)2)26(22,23)20-10-18-21-15(11-25-18)14-4-6-19-7-5-14/h4-9,11,20H,10H2,1-3H3. The van der Waals surface area contributed by atoms with E-state index in [1.54, 1.807) is 24.5 Å². The van der Waals surface area contributed by atoms with Gasteiger partial charge in [0.2, 0.25) is 10.0 Å². The third-order valence-corrected chi connectivity index (χ3v) is 6.28. The van der Waals surface area contributed by atoms with Crippen LogP contribution >= 0.6 is 11.3 Å². The molecular weight excluding hydrogens is 370 g/mol. The van der Waals surface area contributed by atoms with Crippen molar-refractivity contribution in [3.63, 3.8) is 0 Å². The van der Waals surface area contributed by atoms with Gasteiger partial charge in [-0.2, -0.15) is 0 Å². The Labute approximate surface area is 157 Å². The molecule has 2 heterocycles. The number of ether oxygens (including phenoxy) is 1. The van der Waals surface area contributed by atoms with E-state index in [1.165, 1.54) is 18.4 Å². The number of aromatic nitrogens is 2. The SMILES string of the molecule is COc1cc(C)c(C)cc1S(=O)(=O)NCc1nc(-c2ccncc2)cs1. The minimum Gasteiger partial charge on any atom is -0.495 e. The molecule has 0 unspecified atom stereocenters. The Hall–Kier alpha value is -2.29. The lowest BCUT2D eigenvalue weighted by Crippen LogP contribution is -2.24. The van der Waals surface area contributed by atoms with Crippen LogP contribution in [0.25, 0.3) is 11.3 Å². The number of sulfonamides is 1. The van der Waals surface area contributed by atoms with Crippen molar-refractivity contribution in [3.8, 4) is 17.0 Å². The molecule has 3 aromatic rings. The fraction of sp³-hybridized carbons (Fsp3) is 0.222. The second-order valence-corrected chi connectivity index (χ2v) is 8.45. The first kappa shape index (κ1) is 18.5. The van der Waals surface area contributed by atoms with Gasteiger partial charge in [-0.3, -0.25) is 4.98 Å². The number of rotatable bonds is 6. The minimum atomic E-state index is -3.71. The average Bonchev–Trinajstić information content (AvgIpc) is 3.12. The lowest BCUT2D eigenvalue weighted by atomic mass is 10.1. The van der Waals surface area contributed by atoms with Crippen molar-refractivity contribution in [1.82, 2.24) is 14.7 Å². The van der Waals surface area contributed by atoms with E-state index in [2.05, 4.69) is 14.7 Å². The van der Waals surface area contributed by atoms with E-state index in [9.17, 15) is 8.42 Å². The number of nitrogens with zero attached hydrogens (tertiary/aromatic N) is 2. The summed E-state index contributed by atoms with van der Waals surface area (Å²) in [4.78, 5) is 8.60. The molecule has 3 rings (SSSR count). The van der Waals surface area contributed by atoms with Gasteiger partial charge in [-0.05, 0) is 49.2 Å². The zero-order chi connectivity index (χ0) is 18.7. The summed E-state index contributed by atoms with van der Waals surface area (Å²) in [7, 11) is -2.25. The topological polar surface area (TPSA) is 81.2 Å². The smallest absolute Gasteiger partial charge is 0.244 e. The largest absolute Gasteiger partial charge is 0.495 e. The van der Waals surface area contributed by atoms with Gasteiger partial charge in [-0.25, -0.2) is 18.1 Å². The molecule has 0 aliphatic rings. The molecule has 0 aliphatic heterocycles. The normalized spacial score (nSPS) is 11.5. The summed E-state index contributed by atoms with van der Waals surface area (Å²) in [5.41, 5.74) is 3.61. The van der Waals surface area contributed by atoms with Crippen LogP contribution < -0.4 is 9.46 Å². The lowest BCUT2D eigenvalue weighted by Gasteiger charge is -2.12. The van der Waals surface area contributed by atoms with Crippen LogP contribution in [0.2, 0.25) is 0 Å². The Bertz CT molecular complexity index is 1020. The number of pyridine rings is 1. The Morgan fingerprint density at radius 2 is 1.85 bits per heavy atom. The summed E-state index contributed by atoms with van der Waals surface area (Å²) in [5.74, 6) is 0.331. The highest BCUT2D eigenvalue weighted by atomic mass is 32.2. The zero-order valence-electron chi connectivity index (χ0n) is 14.7. The third-order valence-electron chi connectivity index (χ3n) is 4.01. The van der Waals surface area contributed by atoms with Crippen LogP contribution in [0.3, 0.4) is 0 Å². The van der Waals surface area contributed by atoms with Crippen molar-refractivity contribution in [2.24, 2.45) is 0 Å². The molecule has 6 nitrogen and oxygen atoms in total. The first-order valence-corrected chi connectivity index (χ1v) is 10.3. The number of thiazole rings is 1. The average molecular weight is 390 g/mol. The molecule has 1 aromatic carbocycles. The van der Waals surface area contributed by atoms with E-state index in [-0.39, 0.29) is 11.4 Å². The first-order chi connectivity index (χ1) is 12.4. The maximum absolute atomic E-state index is 12.7. The highest BCUT2D eigenvalue weighted by molar-refractivity contribution is 7.89. The Kier molecular flexibility index (Phi) is 5.36.